The number of hydrogen-bond donors (Lipinski definition) is 1. The summed E-state index contributed by atoms with van der Waals surface area (Å²) in [6.07, 6.45) is 0.578. The minimum absolute atomic E-state index is 0.0375. The zero-order valence-electron chi connectivity index (χ0n) is 16.1. The number of nitrogens with two attached hydrogens (primary N) is 1. The van der Waals surface area contributed by atoms with Crippen LogP contribution in [0.25, 0.3) is 11.1 Å². The summed E-state index contributed by atoms with van der Waals surface area (Å²) in [5.41, 5.74) is -1.18. The number of ether oxygens (including phenoxy) is 1. The third kappa shape index (κ3) is 4.13. The first-order chi connectivity index (χ1) is 14.4. The Morgan fingerprint density at radius 2 is 1.90 bits per heavy atom. The molecule has 0 atom stereocenters. The number of carbonyl (C=O) groups is 1. The molecule has 0 radical (unpaired) electrons. The molecule has 1 aromatic carbocycles. The average Bonchev–Trinajstić information content (AvgIpc) is 3.49. The molecule has 1 saturated carbocycles. The summed E-state index contributed by atoms with van der Waals surface area (Å²) in [6.45, 7) is 1.65. The zero-order chi connectivity index (χ0) is 23.0. The number of nitrogens with zero attached hydrogens (tertiary/aromatic N) is 2. The van der Waals surface area contributed by atoms with Crippen molar-refractivity contribution in [3.8, 4) is 23.1 Å². The standard InChI is InChI=1S/C19H16F3N3O5S/c1-2-29-17(26)18(7-8-18)15-9-13(11-3-5-12(24)6-4-11)14(10-23)16(25-15)30-31(27,28)19(20,21)22/h3-6,9H,2,7-8,24H2,1H3. The van der Waals surface area contributed by atoms with Crippen molar-refractivity contribution in [1.82, 2.24) is 4.98 Å². The minimum Gasteiger partial charge on any atom is -0.465 e. The molecule has 0 spiro atoms. The van der Waals surface area contributed by atoms with Crippen LogP contribution in [0.3, 0.4) is 0 Å². The SMILES string of the molecule is CCOC(=O)C1(c2cc(-c3ccc(N)cc3)c(C#N)c(OS(=O)(=O)C(F)(F)F)n2)CC1. The molecule has 1 aliphatic carbocycles. The van der Waals surface area contributed by atoms with Crippen molar-refractivity contribution < 1.29 is 35.3 Å². The van der Waals surface area contributed by atoms with Crippen LogP contribution in [-0.2, 0) is 25.1 Å². The number of benzene rings is 1. The van der Waals surface area contributed by atoms with Gasteiger partial charge in [0, 0.05) is 11.3 Å². The largest absolute Gasteiger partial charge is 0.534 e. The zero-order valence-corrected chi connectivity index (χ0v) is 16.9. The summed E-state index contributed by atoms with van der Waals surface area (Å²) in [5, 5.41) is 9.56. The lowest BCUT2D eigenvalue weighted by Crippen LogP contribution is -2.29. The average molecular weight is 455 g/mol. The van der Waals surface area contributed by atoms with E-state index in [1.807, 2.05) is 0 Å². The van der Waals surface area contributed by atoms with Crippen LogP contribution >= 0.6 is 0 Å². The van der Waals surface area contributed by atoms with Gasteiger partial charge in [-0.05, 0) is 43.5 Å². The predicted molar refractivity (Wildman–Crippen MR) is 102 cm³/mol. The lowest BCUT2D eigenvalue weighted by molar-refractivity contribution is -0.146. The van der Waals surface area contributed by atoms with Crippen LogP contribution in [0.1, 0.15) is 31.0 Å². The van der Waals surface area contributed by atoms with Gasteiger partial charge in [0.05, 0.1) is 12.3 Å². The van der Waals surface area contributed by atoms with Crippen molar-refractivity contribution in [2.45, 2.75) is 30.7 Å². The summed E-state index contributed by atoms with van der Waals surface area (Å²) in [5.74, 6) is -1.72. The van der Waals surface area contributed by atoms with Crippen molar-refractivity contribution in [3.05, 3.63) is 41.6 Å². The van der Waals surface area contributed by atoms with Gasteiger partial charge in [-0.25, -0.2) is 4.98 Å². The lowest BCUT2D eigenvalue weighted by Gasteiger charge is -2.18. The van der Waals surface area contributed by atoms with Crippen molar-refractivity contribution in [2.24, 2.45) is 0 Å². The quantitative estimate of drug-likeness (QED) is 0.304. The number of pyridine rings is 1. The highest BCUT2D eigenvalue weighted by molar-refractivity contribution is 7.87. The third-order valence-electron chi connectivity index (χ3n) is 4.70. The van der Waals surface area contributed by atoms with Gasteiger partial charge >= 0.3 is 21.6 Å². The highest BCUT2D eigenvalue weighted by Crippen LogP contribution is 2.50. The van der Waals surface area contributed by atoms with Gasteiger partial charge in [-0.3, -0.25) is 4.79 Å². The Balaban J connectivity index is 2.25. The van der Waals surface area contributed by atoms with Crippen molar-refractivity contribution in [3.63, 3.8) is 0 Å². The number of anilines is 1. The van der Waals surface area contributed by atoms with Crippen molar-refractivity contribution >= 4 is 21.8 Å². The molecule has 31 heavy (non-hydrogen) atoms. The molecule has 1 aromatic heterocycles. The highest BCUT2D eigenvalue weighted by Gasteiger charge is 2.55. The first-order valence-electron chi connectivity index (χ1n) is 8.94. The Labute approximate surface area is 175 Å². The molecule has 0 saturated heterocycles. The van der Waals surface area contributed by atoms with Gasteiger partial charge in [-0.2, -0.15) is 26.9 Å². The summed E-state index contributed by atoms with van der Waals surface area (Å²) >= 11 is 0. The lowest BCUT2D eigenvalue weighted by atomic mass is 9.95. The van der Waals surface area contributed by atoms with E-state index in [2.05, 4.69) is 9.17 Å². The molecule has 1 aliphatic rings. The molecule has 1 heterocycles. The van der Waals surface area contributed by atoms with E-state index in [-0.39, 0.29) is 30.7 Å². The maximum absolute atomic E-state index is 12.9. The van der Waals surface area contributed by atoms with Gasteiger partial charge < -0.3 is 14.7 Å². The van der Waals surface area contributed by atoms with Crippen LogP contribution in [-0.4, -0.2) is 31.5 Å². The van der Waals surface area contributed by atoms with E-state index in [0.29, 0.717) is 11.3 Å². The molecule has 1 fully saturated rings. The Hall–Kier alpha value is -3.33. The number of halogens is 3. The van der Waals surface area contributed by atoms with Gasteiger partial charge in [0.25, 0.3) is 5.88 Å². The molecule has 8 nitrogen and oxygen atoms in total. The second kappa shape index (κ2) is 7.73. The monoisotopic (exact) mass is 455 g/mol. The van der Waals surface area contributed by atoms with Crippen molar-refractivity contribution in [2.75, 3.05) is 12.3 Å². The fourth-order valence-corrected chi connectivity index (χ4v) is 3.36. The predicted octanol–water partition coefficient (Wildman–Crippen LogP) is 3.03. The maximum Gasteiger partial charge on any atom is 0.534 e. The maximum atomic E-state index is 12.9. The van der Waals surface area contributed by atoms with Crippen LogP contribution in [0.2, 0.25) is 0 Å². The molecule has 0 amide bonds. The molecule has 0 aliphatic heterocycles. The smallest absolute Gasteiger partial charge is 0.465 e. The minimum atomic E-state index is -6.11. The van der Waals surface area contributed by atoms with Crippen LogP contribution in [0, 0.1) is 11.3 Å². The van der Waals surface area contributed by atoms with Crippen LogP contribution < -0.4 is 9.92 Å². The molecule has 0 bridgehead atoms. The van der Waals surface area contributed by atoms with Crippen molar-refractivity contribution in [1.29, 1.82) is 5.26 Å². The summed E-state index contributed by atoms with van der Waals surface area (Å²) in [6, 6.07) is 8.94. The molecule has 164 valence electrons. The fourth-order valence-electron chi connectivity index (χ4n) is 2.94. The number of carbonyl (C=O) groups excluding carboxylic acids is 1. The Bertz CT molecular complexity index is 1170. The van der Waals surface area contributed by atoms with Gasteiger partial charge in [0.2, 0.25) is 0 Å². The molecular weight excluding hydrogens is 439 g/mol. The Morgan fingerprint density at radius 3 is 2.39 bits per heavy atom. The van der Waals surface area contributed by atoms with Crippen LogP contribution in [0.15, 0.2) is 30.3 Å². The van der Waals surface area contributed by atoms with E-state index in [4.69, 9.17) is 10.5 Å². The van der Waals surface area contributed by atoms with Gasteiger partial charge in [0.15, 0.2) is 0 Å². The Kier molecular flexibility index (Phi) is 5.58. The second-order valence-corrected chi connectivity index (χ2v) is 8.29. The molecule has 2 aromatic rings. The first kappa shape index (κ1) is 22.4. The van der Waals surface area contributed by atoms with E-state index in [1.165, 1.54) is 30.3 Å². The second-order valence-electron chi connectivity index (χ2n) is 6.75. The van der Waals surface area contributed by atoms with E-state index in [9.17, 15) is 31.6 Å². The van der Waals surface area contributed by atoms with E-state index in [0.717, 1.165) is 0 Å². The number of hydrogen-bond acceptors (Lipinski definition) is 8. The van der Waals surface area contributed by atoms with Gasteiger partial charge in [0.1, 0.15) is 17.0 Å². The summed E-state index contributed by atoms with van der Waals surface area (Å²) < 4.78 is 71.1. The van der Waals surface area contributed by atoms with Gasteiger partial charge in [-0.1, -0.05) is 12.1 Å². The number of rotatable bonds is 6. The molecule has 2 N–H and O–H groups in total. The Morgan fingerprint density at radius 1 is 1.29 bits per heavy atom. The first-order valence-corrected chi connectivity index (χ1v) is 10.4. The molecular formula is C19H16F3N3O5S. The van der Waals surface area contributed by atoms with E-state index >= 15 is 0 Å². The number of nitrogen functional groups attached to an aromatic ring is 1. The highest BCUT2D eigenvalue weighted by atomic mass is 32.2. The number of esters is 1. The molecule has 12 heteroatoms. The van der Waals surface area contributed by atoms with Crippen LogP contribution in [0.4, 0.5) is 18.9 Å². The third-order valence-corrected chi connectivity index (χ3v) is 5.64. The number of nitriles is 1. The topological polar surface area (TPSA) is 132 Å². The molecule has 0 unspecified atom stereocenters. The summed E-state index contributed by atoms with van der Waals surface area (Å²) in [7, 11) is -6.11. The molecule has 3 rings (SSSR count). The van der Waals surface area contributed by atoms with Crippen LogP contribution in [0.5, 0.6) is 5.88 Å². The van der Waals surface area contributed by atoms with E-state index in [1.54, 1.807) is 13.0 Å². The van der Waals surface area contributed by atoms with E-state index < -0.39 is 38.5 Å². The van der Waals surface area contributed by atoms with Gasteiger partial charge in [-0.15, -0.1) is 0 Å². The normalized spacial score (nSPS) is 15.1. The number of aromatic nitrogens is 1. The number of alkyl halides is 3. The fraction of sp³-hybridized carbons (Fsp3) is 0.316. The summed E-state index contributed by atoms with van der Waals surface area (Å²) in [4.78, 5) is 16.3.